The molecule has 0 spiro atoms. The predicted octanol–water partition coefficient (Wildman–Crippen LogP) is 5.39. The van der Waals surface area contributed by atoms with Crippen molar-refractivity contribution < 1.29 is 9.21 Å². The number of nitrogens with zero attached hydrogens (tertiary/aromatic N) is 3. The lowest BCUT2D eigenvalue weighted by atomic mass is 9.95. The average Bonchev–Trinajstić information content (AvgIpc) is 3.32. The Kier molecular flexibility index (Phi) is 5.08. The molecule has 168 valence electrons. The van der Waals surface area contributed by atoms with Crippen LogP contribution >= 0.6 is 0 Å². The van der Waals surface area contributed by atoms with Crippen LogP contribution in [0.1, 0.15) is 29.0 Å². The lowest BCUT2D eigenvalue weighted by Gasteiger charge is -2.42. The second-order valence-electron chi connectivity index (χ2n) is 8.72. The van der Waals surface area contributed by atoms with Gasteiger partial charge in [-0.2, -0.15) is 5.10 Å². The zero-order valence-corrected chi connectivity index (χ0v) is 18.8. The van der Waals surface area contributed by atoms with Crippen LogP contribution in [-0.2, 0) is 0 Å². The Balaban J connectivity index is 1.49. The molecule has 34 heavy (non-hydrogen) atoms. The maximum absolute atomic E-state index is 11.1. The number of aromatic nitrogens is 2. The molecule has 6 heteroatoms. The van der Waals surface area contributed by atoms with Crippen LogP contribution in [-0.4, -0.2) is 35.6 Å². The Morgan fingerprint density at radius 1 is 0.971 bits per heavy atom. The molecule has 0 amide bonds. The van der Waals surface area contributed by atoms with Gasteiger partial charge in [-0.25, -0.2) is 0 Å². The maximum Gasteiger partial charge on any atom is 0.156 e. The van der Waals surface area contributed by atoms with E-state index in [4.69, 9.17) is 14.6 Å². The Morgan fingerprint density at radius 3 is 2.53 bits per heavy atom. The van der Waals surface area contributed by atoms with Crippen LogP contribution in [0, 0.1) is 0 Å². The third-order valence-corrected chi connectivity index (χ3v) is 6.64. The van der Waals surface area contributed by atoms with Crippen molar-refractivity contribution in [2.24, 2.45) is 0 Å². The summed E-state index contributed by atoms with van der Waals surface area (Å²) in [7, 11) is 0. The van der Waals surface area contributed by atoms with E-state index in [1.165, 1.54) is 0 Å². The highest BCUT2D eigenvalue weighted by Gasteiger charge is 2.33. The predicted molar refractivity (Wildman–Crippen MR) is 134 cm³/mol. The smallest absolute Gasteiger partial charge is 0.156 e. The van der Waals surface area contributed by atoms with Crippen molar-refractivity contribution in [3.8, 4) is 11.5 Å². The van der Waals surface area contributed by atoms with Crippen LogP contribution < -0.4 is 10.2 Å². The van der Waals surface area contributed by atoms with Crippen LogP contribution in [0.25, 0.3) is 33.2 Å². The Hall–Kier alpha value is -4.03. The molecule has 1 saturated heterocycles. The van der Waals surface area contributed by atoms with Crippen molar-refractivity contribution in [3.05, 3.63) is 90.1 Å². The van der Waals surface area contributed by atoms with Gasteiger partial charge in [0.1, 0.15) is 17.6 Å². The Morgan fingerprint density at radius 2 is 1.74 bits per heavy atom. The molecule has 1 fully saturated rings. The Labute approximate surface area is 197 Å². The van der Waals surface area contributed by atoms with Gasteiger partial charge < -0.3 is 14.6 Å². The van der Waals surface area contributed by atoms with Gasteiger partial charge in [-0.3, -0.25) is 4.79 Å². The molecule has 1 N–H and O–H groups in total. The van der Waals surface area contributed by atoms with Crippen LogP contribution in [0.15, 0.2) is 83.3 Å². The molecule has 1 aliphatic heterocycles. The second-order valence-corrected chi connectivity index (χ2v) is 8.72. The number of benzene rings is 3. The van der Waals surface area contributed by atoms with Gasteiger partial charge in [0, 0.05) is 46.5 Å². The van der Waals surface area contributed by atoms with E-state index in [2.05, 4.69) is 29.3 Å². The molecule has 0 saturated carbocycles. The summed E-state index contributed by atoms with van der Waals surface area (Å²) >= 11 is 0. The van der Waals surface area contributed by atoms with Crippen molar-refractivity contribution in [1.29, 1.82) is 0 Å². The van der Waals surface area contributed by atoms with Gasteiger partial charge >= 0.3 is 0 Å². The molecule has 2 aromatic heterocycles. The summed E-state index contributed by atoms with van der Waals surface area (Å²) in [5, 5.41) is 16.2. The van der Waals surface area contributed by atoms with Gasteiger partial charge in [0.05, 0.1) is 11.7 Å². The number of fused-ring (bicyclic) bond motifs is 2. The summed E-state index contributed by atoms with van der Waals surface area (Å²) < 4.78 is 6.13. The highest BCUT2D eigenvalue weighted by atomic mass is 16.3. The van der Waals surface area contributed by atoms with Crippen LogP contribution in [0.5, 0.6) is 0 Å². The minimum Gasteiger partial charge on any atom is -0.454 e. The number of rotatable bonds is 4. The minimum atomic E-state index is -0.0158. The lowest BCUT2D eigenvalue weighted by Crippen LogP contribution is -2.52. The van der Waals surface area contributed by atoms with Gasteiger partial charge in [-0.05, 0) is 43.3 Å². The van der Waals surface area contributed by atoms with Gasteiger partial charge in [0.25, 0.3) is 0 Å². The van der Waals surface area contributed by atoms with Crippen LogP contribution in [0.3, 0.4) is 0 Å². The van der Waals surface area contributed by atoms with Crippen LogP contribution in [0.4, 0.5) is 5.69 Å². The van der Waals surface area contributed by atoms with Gasteiger partial charge in [-0.15, -0.1) is 5.10 Å². The van der Waals surface area contributed by atoms with Crippen LogP contribution in [0.2, 0.25) is 0 Å². The van der Waals surface area contributed by atoms with Crippen molar-refractivity contribution in [2.45, 2.75) is 19.0 Å². The number of carbonyl (C=O) groups is 1. The SMILES string of the molecule is CC1NCCN(c2ccc(C=O)cc2)C1c1nnc(-c2cc3ccccc3o2)c2ccccc12. The first-order valence-corrected chi connectivity index (χ1v) is 11.5. The number of carbonyl (C=O) groups excluding carboxylic acids is 1. The van der Waals surface area contributed by atoms with E-state index in [-0.39, 0.29) is 12.1 Å². The second kappa shape index (κ2) is 8.39. The van der Waals surface area contributed by atoms with E-state index >= 15 is 0 Å². The van der Waals surface area contributed by atoms with E-state index in [1.807, 2.05) is 66.7 Å². The number of furan rings is 1. The molecule has 2 atom stereocenters. The first-order valence-electron chi connectivity index (χ1n) is 11.5. The monoisotopic (exact) mass is 448 g/mol. The summed E-state index contributed by atoms with van der Waals surface area (Å²) in [4.78, 5) is 13.5. The normalized spacial score (nSPS) is 18.4. The molecular weight excluding hydrogens is 424 g/mol. The standard InChI is InChI=1S/C28H24N4O2/c1-18-28(32(15-14-29-18)21-12-10-19(17-33)11-13-21)27-23-8-4-3-7-22(23)26(30-31-27)25-16-20-6-2-5-9-24(20)34-25/h2-13,16-18,28-29H,14-15H2,1H3. The third-order valence-electron chi connectivity index (χ3n) is 6.64. The number of aldehydes is 1. The van der Waals surface area contributed by atoms with Crippen molar-refractivity contribution >= 4 is 33.7 Å². The molecule has 3 aromatic carbocycles. The summed E-state index contributed by atoms with van der Waals surface area (Å²) in [5.41, 5.74) is 4.24. The van der Waals surface area contributed by atoms with Gasteiger partial charge in [-0.1, -0.05) is 42.5 Å². The molecule has 5 aromatic rings. The molecule has 3 heterocycles. The molecule has 6 nitrogen and oxygen atoms in total. The van der Waals surface area contributed by atoms with Crippen molar-refractivity contribution in [1.82, 2.24) is 15.5 Å². The molecule has 0 bridgehead atoms. The first-order chi connectivity index (χ1) is 16.7. The van der Waals surface area contributed by atoms with E-state index in [1.54, 1.807) is 0 Å². The quantitative estimate of drug-likeness (QED) is 0.372. The zero-order valence-electron chi connectivity index (χ0n) is 18.8. The fourth-order valence-electron chi connectivity index (χ4n) is 4.98. The molecule has 0 aliphatic carbocycles. The highest BCUT2D eigenvalue weighted by Crippen LogP contribution is 2.37. The number of hydrogen-bond donors (Lipinski definition) is 1. The lowest BCUT2D eigenvalue weighted by molar-refractivity contribution is 0.112. The molecule has 6 rings (SSSR count). The maximum atomic E-state index is 11.1. The summed E-state index contributed by atoms with van der Waals surface area (Å²) in [6, 6.07) is 26.1. The average molecular weight is 449 g/mol. The molecular formula is C28H24N4O2. The fraction of sp³-hybridized carbons (Fsp3) is 0.179. The molecule has 2 unspecified atom stereocenters. The zero-order chi connectivity index (χ0) is 23.1. The minimum absolute atomic E-state index is 0.0158. The van der Waals surface area contributed by atoms with E-state index in [0.717, 1.165) is 58.2 Å². The highest BCUT2D eigenvalue weighted by molar-refractivity contribution is 5.96. The largest absolute Gasteiger partial charge is 0.454 e. The number of piperazine rings is 1. The number of para-hydroxylation sites is 1. The molecule has 0 radical (unpaired) electrons. The number of hydrogen-bond acceptors (Lipinski definition) is 6. The van der Waals surface area contributed by atoms with Crippen molar-refractivity contribution in [3.63, 3.8) is 0 Å². The number of nitrogens with one attached hydrogen (secondary N) is 1. The van der Waals surface area contributed by atoms with E-state index < -0.39 is 0 Å². The fourth-order valence-corrected chi connectivity index (χ4v) is 4.98. The summed E-state index contributed by atoms with van der Waals surface area (Å²) in [5.74, 6) is 0.715. The summed E-state index contributed by atoms with van der Waals surface area (Å²) in [6.07, 6.45) is 0.872. The Bertz CT molecular complexity index is 1460. The first kappa shape index (κ1) is 20.6. The topological polar surface area (TPSA) is 71.3 Å². The number of anilines is 1. The van der Waals surface area contributed by atoms with Gasteiger partial charge in [0.2, 0.25) is 0 Å². The summed E-state index contributed by atoms with van der Waals surface area (Å²) in [6.45, 7) is 3.88. The van der Waals surface area contributed by atoms with E-state index in [9.17, 15) is 4.79 Å². The van der Waals surface area contributed by atoms with Crippen molar-refractivity contribution in [2.75, 3.05) is 18.0 Å². The van der Waals surface area contributed by atoms with Gasteiger partial charge in [0.15, 0.2) is 5.76 Å². The third kappa shape index (κ3) is 3.43. The van der Waals surface area contributed by atoms with E-state index in [0.29, 0.717) is 11.3 Å². The molecule has 1 aliphatic rings.